The zero-order valence-electron chi connectivity index (χ0n) is 19.5. The Morgan fingerprint density at radius 1 is 1.00 bits per heavy atom. The smallest absolute Gasteiger partial charge is 0.199 e. The second-order valence-corrected chi connectivity index (χ2v) is 9.08. The molecule has 4 N–H and O–H groups in total. The molecule has 0 fully saturated rings. The lowest BCUT2D eigenvalue weighted by Crippen LogP contribution is -2.23. The summed E-state index contributed by atoms with van der Waals surface area (Å²) in [5, 5.41) is 0.598. The van der Waals surface area contributed by atoms with Gasteiger partial charge in [-0.15, -0.1) is 25.7 Å². The molecule has 0 radical (unpaired) electrons. The number of hydrogen-bond acceptors (Lipinski definition) is 6. The first kappa shape index (κ1) is 32.2. The minimum Gasteiger partial charge on any atom is -0.497 e. The molecule has 0 spiro atoms. The lowest BCUT2D eigenvalue weighted by Gasteiger charge is -2.22. The summed E-state index contributed by atoms with van der Waals surface area (Å²) in [6, 6.07) is 15.4. The number of terminal acetylenes is 2. The van der Waals surface area contributed by atoms with Gasteiger partial charge in [0.15, 0.2) is 8.38 Å². The van der Waals surface area contributed by atoms with Crippen molar-refractivity contribution in [3.05, 3.63) is 54.1 Å². The maximum absolute atomic E-state index is 8.73. The highest BCUT2D eigenvalue weighted by Crippen LogP contribution is 2.25. The van der Waals surface area contributed by atoms with Gasteiger partial charge in [0, 0.05) is 23.3 Å². The highest BCUT2D eigenvalue weighted by atomic mass is 32.2. The van der Waals surface area contributed by atoms with Gasteiger partial charge in [0.25, 0.3) is 0 Å². The Bertz CT molecular complexity index is 726. The quantitative estimate of drug-likeness (QED) is 0.282. The minimum atomic E-state index is -1.91. The monoisotopic (exact) mass is 476 g/mol. The van der Waals surface area contributed by atoms with Crippen LogP contribution < -0.4 is 15.8 Å². The Kier molecular flexibility index (Phi) is 21.0. The standard InChI is InChI=1S/C14H24N2OS.C7H9O2P.2C2H2/c1-12(2)11-16(10-4-9-15)18-14-7-5-13(17-3)6-8-14;1-6-2-4-7(5-3-6)10(8)9;2*1-2/h5-8,12H,4,9-11,15H2,1-3H3;2-5,8-9H,1H3;2*1-2H. The van der Waals surface area contributed by atoms with E-state index in [1.807, 2.05) is 31.2 Å². The van der Waals surface area contributed by atoms with E-state index in [0.29, 0.717) is 11.2 Å². The van der Waals surface area contributed by atoms with Gasteiger partial charge < -0.3 is 20.3 Å². The van der Waals surface area contributed by atoms with Crippen LogP contribution in [-0.4, -0.2) is 40.8 Å². The van der Waals surface area contributed by atoms with E-state index in [2.05, 4.69) is 56.0 Å². The Morgan fingerprint density at radius 2 is 1.53 bits per heavy atom. The van der Waals surface area contributed by atoms with Crippen LogP contribution in [0.15, 0.2) is 53.4 Å². The Morgan fingerprint density at radius 3 is 1.94 bits per heavy atom. The van der Waals surface area contributed by atoms with Crippen molar-refractivity contribution in [2.75, 3.05) is 26.7 Å². The van der Waals surface area contributed by atoms with E-state index in [4.69, 9.17) is 20.3 Å². The molecular weight excluding hydrogens is 439 g/mol. The summed E-state index contributed by atoms with van der Waals surface area (Å²) in [5.41, 5.74) is 6.71. The first-order valence-corrected chi connectivity index (χ1v) is 12.1. The van der Waals surface area contributed by atoms with Crippen molar-refractivity contribution < 1.29 is 14.5 Å². The molecule has 0 atom stereocenters. The minimum absolute atomic E-state index is 0.598. The summed E-state index contributed by atoms with van der Waals surface area (Å²) in [4.78, 5) is 18.7. The maximum atomic E-state index is 8.73. The summed E-state index contributed by atoms with van der Waals surface area (Å²) >= 11 is 1.80. The summed E-state index contributed by atoms with van der Waals surface area (Å²) in [6.07, 6.45) is 17.0. The van der Waals surface area contributed by atoms with Gasteiger partial charge in [0.2, 0.25) is 0 Å². The van der Waals surface area contributed by atoms with Crippen LogP contribution in [0.5, 0.6) is 5.75 Å². The van der Waals surface area contributed by atoms with Gasteiger partial charge in [-0.25, -0.2) is 4.31 Å². The molecule has 176 valence electrons. The fraction of sp³-hybridized carbons (Fsp3) is 0.360. The molecule has 0 unspecified atom stereocenters. The Labute approximate surface area is 200 Å². The van der Waals surface area contributed by atoms with Crippen LogP contribution >= 0.6 is 20.3 Å². The van der Waals surface area contributed by atoms with Gasteiger partial charge in [0.05, 0.1) is 7.11 Å². The van der Waals surface area contributed by atoms with Gasteiger partial charge in [-0.2, -0.15) is 0 Å². The van der Waals surface area contributed by atoms with Crippen molar-refractivity contribution in [1.82, 2.24) is 4.31 Å². The number of ether oxygens (including phenoxy) is 1. The third-order valence-electron chi connectivity index (χ3n) is 3.74. The molecule has 0 aliphatic rings. The van der Waals surface area contributed by atoms with Crippen LogP contribution in [0.3, 0.4) is 0 Å². The number of hydrogen-bond donors (Lipinski definition) is 3. The number of aryl methyl sites for hydroxylation is 1. The fourth-order valence-corrected chi connectivity index (χ4v) is 3.88. The molecule has 0 bridgehead atoms. The van der Waals surface area contributed by atoms with E-state index in [-0.39, 0.29) is 0 Å². The van der Waals surface area contributed by atoms with Gasteiger partial charge in [-0.3, -0.25) is 0 Å². The van der Waals surface area contributed by atoms with Crippen LogP contribution in [0.25, 0.3) is 0 Å². The lowest BCUT2D eigenvalue weighted by atomic mass is 10.2. The predicted molar refractivity (Wildman–Crippen MR) is 141 cm³/mol. The molecule has 0 amide bonds. The number of methoxy groups -OCH3 is 1. The van der Waals surface area contributed by atoms with E-state index >= 15 is 0 Å². The van der Waals surface area contributed by atoms with Crippen molar-refractivity contribution in [1.29, 1.82) is 0 Å². The van der Waals surface area contributed by atoms with Crippen molar-refractivity contribution in [3.63, 3.8) is 0 Å². The third-order valence-corrected chi connectivity index (χ3v) is 5.57. The molecule has 0 aliphatic heterocycles. The highest BCUT2D eigenvalue weighted by molar-refractivity contribution is 7.97. The normalized spacial score (nSPS) is 9.69. The van der Waals surface area contributed by atoms with E-state index in [1.54, 1.807) is 31.2 Å². The van der Waals surface area contributed by atoms with E-state index in [0.717, 1.165) is 37.4 Å². The number of nitrogens with zero attached hydrogens (tertiary/aromatic N) is 1. The SMILES string of the molecule is C#C.C#C.COc1ccc(SN(CCCN)CC(C)C)cc1.Cc1ccc(P(O)O)cc1. The zero-order chi connectivity index (χ0) is 24.9. The summed E-state index contributed by atoms with van der Waals surface area (Å²) in [5.74, 6) is 1.56. The Hall–Kier alpha value is -2.02. The van der Waals surface area contributed by atoms with Gasteiger partial charge >= 0.3 is 0 Å². The summed E-state index contributed by atoms with van der Waals surface area (Å²) in [7, 11) is -0.219. The molecule has 0 heterocycles. The van der Waals surface area contributed by atoms with Crippen molar-refractivity contribution >= 4 is 25.6 Å². The summed E-state index contributed by atoms with van der Waals surface area (Å²) in [6.45, 7) is 9.30. The van der Waals surface area contributed by atoms with Gasteiger partial charge in [-0.05, 0) is 74.2 Å². The molecule has 0 aromatic heterocycles. The second kappa shape index (κ2) is 20.9. The average molecular weight is 477 g/mol. The largest absolute Gasteiger partial charge is 0.497 e. The van der Waals surface area contributed by atoms with E-state index in [1.165, 1.54) is 4.90 Å². The van der Waals surface area contributed by atoms with Crippen LogP contribution in [0.1, 0.15) is 25.8 Å². The molecule has 0 saturated carbocycles. The first-order valence-electron chi connectivity index (χ1n) is 10.0. The molecule has 7 heteroatoms. The molecular formula is C25H37N2O3PS. The molecule has 0 saturated heterocycles. The third kappa shape index (κ3) is 15.7. The van der Waals surface area contributed by atoms with Gasteiger partial charge in [0.1, 0.15) is 5.75 Å². The van der Waals surface area contributed by atoms with Crippen LogP contribution in [0.2, 0.25) is 0 Å². The van der Waals surface area contributed by atoms with Crippen molar-refractivity contribution in [2.24, 2.45) is 11.7 Å². The summed E-state index contributed by atoms with van der Waals surface area (Å²) < 4.78 is 7.55. The molecule has 0 aliphatic carbocycles. The average Bonchev–Trinajstić information content (AvgIpc) is 2.81. The molecule has 32 heavy (non-hydrogen) atoms. The second-order valence-electron chi connectivity index (χ2n) is 6.82. The van der Waals surface area contributed by atoms with Gasteiger partial charge in [-0.1, -0.05) is 31.5 Å². The molecule has 2 rings (SSSR count). The lowest BCUT2D eigenvalue weighted by molar-refractivity contribution is 0.402. The molecule has 2 aromatic carbocycles. The number of rotatable bonds is 9. The van der Waals surface area contributed by atoms with Crippen LogP contribution in [0.4, 0.5) is 0 Å². The zero-order valence-corrected chi connectivity index (χ0v) is 21.2. The van der Waals surface area contributed by atoms with E-state index < -0.39 is 8.38 Å². The van der Waals surface area contributed by atoms with Crippen LogP contribution in [0, 0.1) is 38.5 Å². The number of nitrogens with two attached hydrogens (primary N) is 1. The highest BCUT2D eigenvalue weighted by Gasteiger charge is 2.09. The molecule has 5 nitrogen and oxygen atoms in total. The van der Waals surface area contributed by atoms with Crippen molar-refractivity contribution in [3.8, 4) is 31.4 Å². The van der Waals surface area contributed by atoms with Crippen molar-refractivity contribution in [2.45, 2.75) is 32.1 Å². The first-order chi connectivity index (χ1) is 15.3. The van der Waals surface area contributed by atoms with E-state index in [9.17, 15) is 0 Å². The Balaban J connectivity index is 0. The fourth-order valence-electron chi connectivity index (χ4n) is 2.31. The predicted octanol–water partition coefficient (Wildman–Crippen LogP) is 4.42. The topological polar surface area (TPSA) is 79.0 Å². The molecule has 2 aromatic rings. The number of benzene rings is 2. The van der Waals surface area contributed by atoms with Crippen LogP contribution in [-0.2, 0) is 0 Å². The maximum Gasteiger partial charge on any atom is 0.199 e.